The van der Waals surface area contributed by atoms with Gasteiger partial charge in [0.25, 0.3) is 0 Å². The first-order chi connectivity index (χ1) is 10.2. The van der Waals surface area contributed by atoms with E-state index < -0.39 is 0 Å². The first-order valence-electron chi connectivity index (χ1n) is 7.07. The monoisotopic (exact) mass is 273 g/mol. The normalized spacial score (nSPS) is 11.3. The summed E-state index contributed by atoms with van der Waals surface area (Å²) in [5.41, 5.74) is 6.20. The molecule has 102 valence electrons. The van der Waals surface area contributed by atoms with Crippen LogP contribution in [-0.2, 0) is 0 Å². The van der Waals surface area contributed by atoms with Crippen LogP contribution in [0.4, 0.5) is 0 Å². The molecule has 0 atom stereocenters. The van der Waals surface area contributed by atoms with Crippen molar-refractivity contribution in [3.8, 4) is 11.3 Å². The largest absolute Gasteiger partial charge is 0.455 e. The Bertz CT molecular complexity index is 949. The van der Waals surface area contributed by atoms with Gasteiger partial charge in [-0.05, 0) is 43.2 Å². The highest BCUT2D eigenvalue weighted by Crippen LogP contribution is 2.35. The first-order valence-corrected chi connectivity index (χ1v) is 7.07. The van der Waals surface area contributed by atoms with Gasteiger partial charge >= 0.3 is 0 Å². The summed E-state index contributed by atoms with van der Waals surface area (Å²) in [7, 11) is 0. The SMILES string of the molecule is Cc1ccc(-c2cccc3c2oc2cc(C)ccc23)nc1. The van der Waals surface area contributed by atoms with E-state index >= 15 is 0 Å². The highest BCUT2D eigenvalue weighted by Gasteiger charge is 2.12. The molecule has 2 aromatic carbocycles. The highest BCUT2D eigenvalue weighted by molar-refractivity contribution is 6.09. The average molecular weight is 273 g/mol. The smallest absolute Gasteiger partial charge is 0.144 e. The Balaban J connectivity index is 2.06. The average Bonchev–Trinajstić information content (AvgIpc) is 2.85. The zero-order chi connectivity index (χ0) is 14.4. The van der Waals surface area contributed by atoms with Crippen molar-refractivity contribution < 1.29 is 4.42 Å². The fraction of sp³-hybridized carbons (Fsp3) is 0.105. The summed E-state index contributed by atoms with van der Waals surface area (Å²) in [4.78, 5) is 4.53. The molecule has 0 aliphatic carbocycles. The second-order valence-electron chi connectivity index (χ2n) is 5.50. The van der Waals surface area contributed by atoms with Gasteiger partial charge in [0.15, 0.2) is 0 Å². The van der Waals surface area contributed by atoms with Crippen molar-refractivity contribution in [1.82, 2.24) is 4.98 Å². The van der Waals surface area contributed by atoms with Gasteiger partial charge in [0.1, 0.15) is 11.2 Å². The zero-order valence-electron chi connectivity index (χ0n) is 12.1. The van der Waals surface area contributed by atoms with Crippen molar-refractivity contribution in [3.05, 3.63) is 65.9 Å². The van der Waals surface area contributed by atoms with E-state index in [2.05, 4.69) is 54.4 Å². The summed E-state index contributed by atoms with van der Waals surface area (Å²) in [6.45, 7) is 4.12. The lowest BCUT2D eigenvalue weighted by Crippen LogP contribution is -1.84. The summed E-state index contributed by atoms with van der Waals surface area (Å²) in [6, 6.07) is 16.7. The molecule has 2 heterocycles. The molecule has 0 aliphatic rings. The number of furan rings is 1. The van der Waals surface area contributed by atoms with Crippen LogP contribution < -0.4 is 0 Å². The van der Waals surface area contributed by atoms with E-state index in [1.807, 2.05) is 19.2 Å². The van der Waals surface area contributed by atoms with Crippen LogP contribution in [0.1, 0.15) is 11.1 Å². The number of para-hydroxylation sites is 1. The number of hydrogen-bond acceptors (Lipinski definition) is 2. The summed E-state index contributed by atoms with van der Waals surface area (Å²) in [5, 5.41) is 2.30. The molecule has 2 aromatic heterocycles. The molecule has 21 heavy (non-hydrogen) atoms. The van der Waals surface area contributed by atoms with Crippen LogP contribution in [0.5, 0.6) is 0 Å². The van der Waals surface area contributed by atoms with Gasteiger partial charge in [0, 0.05) is 22.5 Å². The highest BCUT2D eigenvalue weighted by atomic mass is 16.3. The number of hydrogen-bond donors (Lipinski definition) is 0. The Morgan fingerprint density at radius 3 is 2.52 bits per heavy atom. The van der Waals surface area contributed by atoms with Gasteiger partial charge in [-0.15, -0.1) is 0 Å². The van der Waals surface area contributed by atoms with E-state index in [9.17, 15) is 0 Å². The molecule has 0 spiro atoms. The van der Waals surface area contributed by atoms with Gasteiger partial charge in [0.05, 0.1) is 5.69 Å². The predicted molar refractivity (Wildman–Crippen MR) is 86.4 cm³/mol. The van der Waals surface area contributed by atoms with Crippen molar-refractivity contribution in [1.29, 1.82) is 0 Å². The quantitative estimate of drug-likeness (QED) is 0.472. The van der Waals surface area contributed by atoms with Gasteiger partial charge in [-0.25, -0.2) is 0 Å². The maximum atomic E-state index is 6.11. The number of rotatable bonds is 1. The van der Waals surface area contributed by atoms with E-state index in [0.29, 0.717) is 0 Å². The lowest BCUT2D eigenvalue weighted by Gasteiger charge is -2.02. The molecule has 4 aromatic rings. The molecule has 0 saturated carbocycles. The fourth-order valence-electron chi connectivity index (χ4n) is 2.73. The zero-order valence-corrected chi connectivity index (χ0v) is 12.1. The molecule has 0 aliphatic heterocycles. The lowest BCUT2D eigenvalue weighted by atomic mass is 10.1. The van der Waals surface area contributed by atoms with Crippen LogP contribution in [0.3, 0.4) is 0 Å². The van der Waals surface area contributed by atoms with Crippen LogP contribution in [0.2, 0.25) is 0 Å². The predicted octanol–water partition coefficient (Wildman–Crippen LogP) is 5.26. The Morgan fingerprint density at radius 2 is 1.71 bits per heavy atom. The third kappa shape index (κ3) is 1.91. The maximum absolute atomic E-state index is 6.11. The fourth-order valence-corrected chi connectivity index (χ4v) is 2.73. The minimum Gasteiger partial charge on any atom is -0.455 e. The molecule has 2 nitrogen and oxygen atoms in total. The Hall–Kier alpha value is -2.61. The van der Waals surface area contributed by atoms with E-state index in [4.69, 9.17) is 4.42 Å². The molecule has 0 unspecified atom stereocenters. The summed E-state index contributed by atoms with van der Waals surface area (Å²) in [5.74, 6) is 0. The number of benzene rings is 2. The summed E-state index contributed by atoms with van der Waals surface area (Å²) in [6.07, 6.45) is 1.89. The van der Waals surface area contributed by atoms with Gasteiger partial charge in [0.2, 0.25) is 0 Å². The van der Waals surface area contributed by atoms with Crippen LogP contribution in [0.25, 0.3) is 33.2 Å². The van der Waals surface area contributed by atoms with Gasteiger partial charge in [-0.2, -0.15) is 0 Å². The second-order valence-corrected chi connectivity index (χ2v) is 5.50. The van der Waals surface area contributed by atoms with Crippen LogP contribution in [0, 0.1) is 13.8 Å². The van der Waals surface area contributed by atoms with Gasteiger partial charge in [-0.3, -0.25) is 4.98 Å². The summed E-state index contributed by atoms with van der Waals surface area (Å²) >= 11 is 0. The Kier molecular flexibility index (Phi) is 2.58. The van der Waals surface area contributed by atoms with Crippen LogP contribution >= 0.6 is 0 Å². The molecule has 0 saturated heterocycles. The number of fused-ring (bicyclic) bond motifs is 3. The minimum atomic E-state index is 0.912. The standard InChI is InChI=1S/C19H15NO/c1-12-6-8-14-15-4-3-5-16(19(15)21-18(14)10-12)17-9-7-13(2)11-20-17/h3-11H,1-2H3. The van der Waals surface area contributed by atoms with Crippen LogP contribution in [-0.4, -0.2) is 4.98 Å². The molecule has 0 fully saturated rings. The summed E-state index contributed by atoms with van der Waals surface area (Å²) < 4.78 is 6.11. The van der Waals surface area contributed by atoms with Crippen molar-refractivity contribution in [2.45, 2.75) is 13.8 Å². The molecular weight excluding hydrogens is 258 g/mol. The molecule has 0 bridgehead atoms. The third-order valence-electron chi connectivity index (χ3n) is 3.84. The van der Waals surface area contributed by atoms with Crippen molar-refractivity contribution in [2.75, 3.05) is 0 Å². The van der Waals surface area contributed by atoms with Gasteiger partial charge < -0.3 is 4.42 Å². The lowest BCUT2D eigenvalue weighted by molar-refractivity contribution is 0.669. The maximum Gasteiger partial charge on any atom is 0.144 e. The number of pyridine rings is 1. The second kappa shape index (κ2) is 4.45. The van der Waals surface area contributed by atoms with Crippen molar-refractivity contribution >= 4 is 21.9 Å². The third-order valence-corrected chi connectivity index (χ3v) is 3.84. The molecule has 0 amide bonds. The van der Waals surface area contributed by atoms with Crippen LogP contribution in [0.15, 0.2) is 59.1 Å². The van der Waals surface area contributed by atoms with Crippen molar-refractivity contribution in [2.24, 2.45) is 0 Å². The Labute approximate surface area is 123 Å². The molecule has 0 N–H and O–H groups in total. The molecule has 2 heteroatoms. The van der Waals surface area contributed by atoms with E-state index in [1.54, 1.807) is 0 Å². The van der Waals surface area contributed by atoms with E-state index in [-0.39, 0.29) is 0 Å². The van der Waals surface area contributed by atoms with E-state index in [0.717, 1.165) is 38.8 Å². The van der Waals surface area contributed by atoms with E-state index in [1.165, 1.54) is 5.56 Å². The topological polar surface area (TPSA) is 26.0 Å². The van der Waals surface area contributed by atoms with Crippen molar-refractivity contribution in [3.63, 3.8) is 0 Å². The van der Waals surface area contributed by atoms with Gasteiger partial charge in [-0.1, -0.05) is 30.3 Å². The Morgan fingerprint density at radius 1 is 0.857 bits per heavy atom. The molecule has 4 rings (SSSR count). The number of nitrogens with zero attached hydrogens (tertiary/aromatic N) is 1. The first kappa shape index (κ1) is 12.2. The number of aromatic nitrogens is 1. The number of aryl methyl sites for hydroxylation is 2. The molecule has 0 radical (unpaired) electrons. The molecular formula is C19H15NO. The minimum absolute atomic E-state index is 0.912.